The lowest BCUT2D eigenvalue weighted by Crippen LogP contribution is -2.50. The molecule has 2 saturated heterocycles. The third-order valence-electron chi connectivity index (χ3n) is 5.03. The molecule has 2 atom stereocenters. The van der Waals surface area contributed by atoms with Crippen molar-refractivity contribution in [3.63, 3.8) is 0 Å². The van der Waals surface area contributed by atoms with Gasteiger partial charge in [0.1, 0.15) is 0 Å². The Morgan fingerprint density at radius 1 is 1.35 bits per heavy atom. The van der Waals surface area contributed by atoms with Gasteiger partial charge in [0.25, 0.3) is 0 Å². The van der Waals surface area contributed by atoms with E-state index in [4.69, 9.17) is 0 Å². The number of nitrogens with one attached hydrogen (secondary N) is 2. The molecule has 23 heavy (non-hydrogen) atoms. The standard InChI is InChI=1S/C18H25N3O2/c1-13(15-10-19-11-15)18(23)20-16(14-6-3-2-4-7-14)12-21-9-5-8-17(21)22/h2-4,6-7,13,15-16,19H,5,8-12H2,1H3,(H,20,23). The van der Waals surface area contributed by atoms with E-state index in [1.165, 1.54) is 0 Å². The molecule has 0 saturated carbocycles. The molecule has 0 radical (unpaired) electrons. The van der Waals surface area contributed by atoms with Gasteiger partial charge in [0, 0.05) is 25.4 Å². The van der Waals surface area contributed by atoms with Gasteiger partial charge in [0.15, 0.2) is 0 Å². The Morgan fingerprint density at radius 2 is 2.09 bits per heavy atom. The molecule has 2 aliphatic rings. The van der Waals surface area contributed by atoms with Crippen molar-refractivity contribution in [2.75, 3.05) is 26.2 Å². The second kappa shape index (κ2) is 7.13. The summed E-state index contributed by atoms with van der Waals surface area (Å²) in [6, 6.07) is 9.80. The number of nitrogens with zero attached hydrogens (tertiary/aromatic N) is 1. The number of rotatable bonds is 6. The van der Waals surface area contributed by atoms with Crippen LogP contribution in [-0.4, -0.2) is 42.9 Å². The number of carbonyl (C=O) groups excluding carboxylic acids is 2. The number of hydrogen-bond acceptors (Lipinski definition) is 3. The van der Waals surface area contributed by atoms with Gasteiger partial charge in [-0.25, -0.2) is 0 Å². The van der Waals surface area contributed by atoms with Crippen LogP contribution in [0.5, 0.6) is 0 Å². The summed E-state index contributed by atoms with van der Waals surface area (Å²) >= 11 is 0. The molecule has 0 bridgehead atoms. The summed E-state index contributed by atoms with van der Waals surface area (Å²) in [5, 5.41) is 6.38. The van der Waals surface area contributed by atoms with Crippen molar-refractivity contribution in [2.24, 2.45) is 11.8 Å². The van der Waals surface area contributed by atoms with Gasteiger partial charge in [0.2, 0.25) is 11.8 Å². The largest absolute Gasteiger partial charge is 0.347 e. The minimum atomic E-state index is -0.138. The van der Waals surface area contributed by atoms with Gasteiger partial charge >= 0.3 is 0 Å². The number of likely N-dealkylation sites (tertiary alicyclic amines) is 1. The van der Waals surface area contributed by atoms with E-state index in [1.807, 2.05) is 42.2 Å². The van der Waals surface area contributed by atoms with E-state index >= 15 is 0 Å². The Bertz CT molecular complexity index is 557. The first-order chi connectivity index (χ1) is 11.1. The van der Waals surface area contributed by atoms with Crippen LogP contribution in [0.25, 0.3) is 0 Å². The molecule has 2 heterocycles. The van der Waals surface area contributed by atoms with Gasteiger partial charge in [-0.2, -0.15) is 0 Å². The Labute approximate surface area is 137 Å². The Hall–Kier alpha value is -1.88. The second-order valence-corrected chi connectivity index (χ2v) is 6.62. The topological polar surface area (TPSA) is 61.4 Å². The highest BCUT2D eigenvalue weighted by Crippen LogP contribution is 2.21. The van der Waals surface area contributed by atoms with Gasteiger partial charge in [0.05, 0.1) is 6.04 Å². The third-order valence-corrected chi connectivity index (χ3v) is 5.03. The fraction of sp³-hybridized carbons (Fsp3) is 0.556. The lowest BCUT2D eigenvalue weighted by Gasteiger charge is -2.33. The minimum Gasteiger partial charge on any atom is -0.347 e. The first-order valence-electron chi connectivity index (χ1n) is 8.49. The van der Waals surface area contributed by atoms with Gasteiger partial charge in [-0.1, -0.05) is 37.3 Å². The summed E-state index contributed by atoms with van der Waals surface area (Å²) in [5.41, 5.74) is 1.06. The molecule has 0 aromatic heterocycles. The van der Waals surface area contributed by atoms with Crippen LogP contribution >= 0.6 is 0 Å². The molecule has 2 unspecified atom stereocenters. The lowest BCUT2D eigenvalue weighted by molar-refractivity contribution is -0.130. The molecular weight excluding hydrogens is 290 g/mol. The molecular formula is C18H25N3O2. The molecule has 2 fully saturated rings. The molecule has 2 aliphatic heterocycles. The molecule has 3 rings (SSSR count). The molecule has 124 valence electrons. The zero-order chi connectivity index (χ0) is 16.2. The highest BCUT2D eigenvalue weighted by molar-refractivity contribution is 5.80. The Balaban J connectivity index is 1.69. The average molecular weight is 315 g/mol. The van der Waals surface area contributed by atoms with Crippen molar-refractivity contribution in [2.45, 2.75) is 25.8 Å². The van der Waals surface area contributed by atoms with Crippen LogP contribution in [0.2, 0.25) is 0 Å². The molecule has 5 heteroatoms. The number of amides is 2. The van der Waals surface area contributed by atoms with Crippen LogP contribution < -0.4 is 10.6 Å². The Morgan fingerprint density at radius 3 is 2.65 bits per heavy atom. The zero-order valence-corrected chi connectivity index (χ0v) is 13.6. The van der Waals surface area contributed by atoms with Gasteiger partial charge in [-0.3, -0.25) is 9.59 Å². The minimum absolute atomic E-state index is 0.00302. The van der Waals surface area contributed by atoms with Crippen molar-refractivity contribution in [3.05, 3.63) is 35.9 Å². The molecule has 1 aromatic carbocycles. The first kappa shape index (κ1) is 16.0. The third kappa shape index (κ3) is 3.72. The summed E-state index contributed by atoms with van der Waals surface area (Å²) in [7, 11) is 0. The maximum atomic E-state index is 12.6. The van der Waals surface area contributed by atoms with E-state index in [-0.39, 0.29) is 23.8 Å². The first-order valence-corrected chi connectivity index (χ1v) is 8.49. The Kier molecular flexibility index (Phi) is 4.96. The van der Waals surface area contributed by atoms with E-state index in [0.29, 0.717) is 18.9 Å². The van der Waals surface area contributed by atoms with Crippen molar-refractivity contribution in [3.8, 4) is 0 Å². The quantitative estimate of drug-likeness (QED) is 0.832. The summed E-state index contributed by atoms with van der Waals surface area (Å²) in [6.07, 6.45) is 1.54. The second-order valence-electron chi connectivity index (χ2n) is 6.62. The highest BCUT2D eigenvalue weighted by atomic mass is 16.2. The van der Waals surface area contributed by atoms with Crippen molar-refractivity contribution in [1.29, 1.82) is 0 Å². The van der Waals surface area contributed by atoms with Crippen LogP contribution in [0.3, 0.4) is 0 Å². The number of carbonyl (C=O) groups is 2. The summed E-state index contributed by atoms with van der Waals surface area (Å²) in [5.74, 6) is 0.685. The van der Waals surface area contributed by atoms with Gasteiger partial charge in [-0.15, -0.1) is 0 Å². The summed E-state index contributed by atoms with van der Waals surface area (Å²) in [6.45, 7) is 5.17. The maximum Gasteiger partial charge on any atom is 0.223 e. The van der Waals surface area contributed by atoms with Crippen LogP contribution in [0, 0.1) is 11.8 Å². The van der Waals surface area contributed by atoms with E-state index in [2.05, 4.69) is 10.6 Å². The lowest BCUT2D eigenvalue weighted by atomic mass is 9.88. The monoisotopic (exact) mass is 315 g/mol. The summed E-state index contributed by atoms with van der Waals surface area (Å²) in [4.78, 5) is 26.4. The molecule has 0 spiro atoms. The van der Waals surface area contributed by atoms with Crippen molar-refractivity contribution in [1.82, 2.24) is 15.5 Å². The molecule has 2 N–H and O–H groups in total. The summed E-state index contributed by atoms with van der Waals surface area (Å²) < 4.78 is 0. The zero-order valence-electron chi connectivity index (χ0n) is 13.6. The van der Waals surface area contributed by atoms with Crippen LogP contribution in [0.4, 0.5) is 0 Å². The number of benzene rings is 1. The average Bonchev–Trinajstić information content (AvgIpc) is 2.91. The van der Waals surface area contributed by atoms with E-state index < -0.39 is 0 Å². The number of hydrogen-bond donors (Lipinski definition) is 2. The fourth-order valence-corrected chi connectivity index (χ4v) is 3.22. The SMILES string of the molecule is CC(C(=O)NC(CN1CCCC1=O)c1ccccc1)C1CNC1. The van der Waals surface area contributed by atoms with Gasteiger partial charge in [-0.05, 0) is 31.0 Å². The van der Waals surface area contributed by atoms with Gasteiger partial charge < -0.3 is 15.5 Å². The predicted molar refractivity (Wildman–Crippen MR) is 88.7 cm³/mol. The predicted octanol–water partition coefficient (Wildman–Crippen LogP) is 1.32. The maximum absolute atomic E-state index is 12.6. The van der Waals surface area contributed by atoms with E-state index in [0.717, 1.165) is 31.6 Å². The normalized spacial score (nSPS) is 20.9. The van der Waals surface area contributed by atoms with Crippen LogP contribution in [-0.2, 0) is 9.59 Å². The molecule has 0 aliphatic carbocycles. The van der Waals surface area contributed by atoms with E-state index in [9.17, 15) is 9.59 Å². The van der Waals surface area contributed by atoms with E-state index in [1.54, 1.807) is 0 Å². The smallest absolute Gasteiger partial charge is 0.223 e. The fourth-order valence-electron chi connectivity index (χ4n) is 3.22. The highest BCUT2D eigenvalue weighted by Gasteiger charge is 2.31. The molecule has 5 nitrogen and oxygen atoms in total. The molecule has 2 amide bonds. The van der Waals surface area contributed by atoms with Crippen LogP contribution in [0.15, 0.2) is 30.3 Å². The molecule has 1 aromatic rings. The van der Waals surface area contributed by atoms with Crippen LogP contribution in [0.1, 0.15) is 31.4 Å². The van der Waals surface area contributed by atoms with Crippen molar-refractivity contribution < 1.29 is 9.59 Å². The van der Waals surface area contributed by atoms with Crippen molar-refractivity contribution >= 4 is 11.8 Å².